The minimum Gasteiger partial charge on any atom is -0.497 e. The molecule has 0 atom stereocenters. The Morgan fingerprint density at radius 1 is 1.00 bits per heavy atom. The Kier molecular flexibility index (Phi) is 5.64. The van der Waals surface area contributed by atoms with Gasteiger partial charge in [0.05, 0.1) is 19.8 Å². The molecule has 0 saturated carbocycles. The molecule has 0 heterocycles. The molecular formula is C18H23NO2. The zero-order valence-corrected chi connectivity index (χ0v) is 12.9. The van der Waals surface area contributed by atoms with Crippen LogP contribution in [0.5, 0.6) is 5.75 Å². The molecule has 0 radical (unpaired) electrons. The summed E-state index contributed by atoms with van der Waals surface area (Å²) < 4.78 is 10.8. The van der Waals surface area contributed by atoms with Crippen LogP contribution in [0, 0.1) is 0 Å². The molecule has 1 N–H and O–H groups in total. The van der Waals surface area contributed by atoms with Gasteiger partial charge in [-0.3, -0.25) is 0 Å². The quantitative estimate of drug-likeness (QED) is 0.825. The van der Waals surface area contributed by atoms with E-state index in [4.69, 9.17) is 9.47 Å². The van der Waals surface area contributed by atoms with Gasteiger partial charge < -0.3 is 14.8 Å². The number of methoxy groups -OCH3 is 1. The summed E-state index contributed by atoms with van der Waals surface area (Å²) in [6.45, 7) is 5.53. The van der Waals surface area contributed by atoms with E-state index in [-0.39, 0.29) is 6.10 Å². The van der Waals surface area contributed by atoms with Crippen LogP contribution in [0.4, 0.5) is 5.69 Å². The molecule has 0 aliphatic carbocycles. The van der Waals surface area contributed by atoms with Crippen LogP contribution in [-0.2, 0) is 17.9 Å². The summed E-state index contributed by atoms with van der Waals surface area (Å²) in [5.74, 6) is 0.881. The van der Waals surface area contributed by atoms with Crippen LogP contribution in [0.2, 0.25) is 0 Å². The second-order valence-electron chi connectivity index (χ2n) is 5.26. The molecule has 21 heavy (non-hydrogen) atoms. The Bertz CT molecular complexity index is 549. The van der Waals surface area contributed by atoms with Crippen LogP contribution in [0.1, 0.15) is 25.0 Å². The highest BCUT2D eigenvalue weighted by Gasteiger charge is 1.99. The lowest BCUT2D eigenvalue weighted by Crippen LogP contribution is -2.03. The van der Waals surface area contributed by atoms with Crippen molar-refractivity contribution < 1.29 is 9.47 Å². The average Bonchev–Trinajstić information content (AvgIpc) is 2.52. The van der Waals surface area contributed by atoms with E-state index < -0.39 is 0 Å². The van der Waals surface area contributed by atoms with Gasteiger partial charge >= 0.3 is 0 Å². The number of hydrogen-bond acceptors (Lipinski definition) is 3. The van der Waals surface area contributed by atoms with Gasteiger partial charge in [-0.1, -0.05) is 24.3 Å². The Morgan fingerprint density at radius 2 is 1.76 bits per heavy atom. The fraction of sp³-hybridized carbons (Fsp3) is 0.333. The second-order valence-corrected chi connectivity index (χ2v) is 5.26. The maximum atomic E-state index is 5.63. The van der Waals surface area contributed by atoms with E-state index in [2.05, 4.69) is 41.7 Å². The van der Waals surface area contributed by atoms with Crippen molar-refractivity contribution in [1.82, 2.24) is 0 Å². The maximum Gasteiger partial charge on any atom is 0.118 e. The van der Waals surface area contributed by atoms with Gasteiger partial charge in [-0.15, -0.1) is 0 Å². The van der Waals surface area contributed by atoms with Crippen LogP contribution < -0.4 is 10.1 Å². The van der Waals surface area contributed by atoms with E-state index in [1.165, 1.54) is 11.1 Å². The maximum absolute atomic E-state index is 5.63. The van der Waals surface area contributed by atoms with Crippen molar-refractivity contribution in [1.29, 1.82) is 0 Å². The van der Waals surface area contributed by atoms with Gasteiger partial charge in [-0.05, 0) is 49.2 Å². The molecule has 0 aliphatic rings. The first-order valence-corrected chi connectivity index (χ1v) is 7.24. The van der Waals surface area contributed by atoms with Gasteiger partial charge in [-0.2, -0.15) is 0 Å². The van der Waals surface area contributed by atoms with Crippen molar-refractivity contribution in [2.75, 3.05) is 12.4 Å². The average molecular weight is 285 g/mol. The molecule has 112 valence electrons. The summed E-state index contributed by atoms with van der Waals surface area (Å²) in [6, 6.07) is 16.4. The van der Waals surface area contributed by atoms with E-state index in [1.807, 2.05) is 26.0 Å². The molecular weight excluding hydrogens is 262 g/mol. The van der Waals surface area contributed by atoms with Crippen molar-refractivity contribution >= 4 is 5.69 Å². The number of rotatable bonds is 7. The highest BCUT2D eigenvalue weighted by Crippen LogP contribution is 2.15. The van der Waals surface area contributed by atoms with Gasteiger partial charge in [0.15, 0.2) is 0 Å². The number of hydrogen-bond donors (Lipinski definition) is 1. The van der Waals surface area contributed by atoms with E-state index >= 15 is 0 Å². The Labute approximate surface area is 126 Å². The van der Waals surface area contributed by atoms with Crippen LogP contribution in [-0.4, -0.2) is 13.2 Å². The third-order valence-electron chi connectivity index (χ3n) is 3.17. The van der Waals surface area contributed by atoms with E-state index in [0.29, 0.717) is 6.61 Å². The predicted molar refractivity (Wildman–Crippen MR) is 86.7 cm³/mol. The van der Waals surface area contributed by atoms with E-state index in [9.17, 15) is 0 Å². The lowest BCUT2D eigenvalue weighted by atomic mass is 10.2. The van der Waals surface area contributed by atoms with Crippen molar-refractivity contribution in [3.05, 3.63) is 59.7 Å². The standard InChI is InChI=1S/C18H23NO2/c1-14(2)21-13-16-5-4-6-17(11-16)19-12-15-7-9-18(20-3)10-8-15/h4-11,14,19H,12-13H2,1-3H3. The van der Waals surface area contributed by atoms with Gasteiger partial charge in [0.25, 0.3) is 0 Å². The van der Waals surface area contributed by atoms with E-state index in [0.717, 1.165) is 18.0 Å². The molecule has 0 unspecified atom stereocenters. The first-order valence-electron chi connectivity index (χ1n) is 7.24. The summed E-state index contributed by atoms with van der Waals surface area (Å²) in [5, 5.41) is 3.43. The Morgan fingerprint density at radius 3 is 2.43 bits per heavy atom. The van der Waals surface area contributed by atoms with Crippen LogP contribution >= 0.6 is 0 Å². The first kappa shape index (κ1) is 15.4. The SMILES string of the molecule is COc1ccc(CNc2cccc(COC(C)C)c2)cc1. The van der Waals surface area contributed by atoms with Crippen LogP contribution in [0.25, 0.3) is 0 Å². The van der Waals surface area contributed by atoms with Crippen LogP contribution in [0.15, 0.2) is 48.5 Å². The predicted octanol–water partition coefficient (Wildman–Crippen LogP) is 4.23. The minimum absolute atomic E-state index is 0.251. The normalized spacial score (nSPS) is 10.7. The third-order valence-corrected chi connectivity index (χ3v) is 3.17. The van der Waals surface area contributed by atoms with Gasteiger partial charge in [0.1, 0.15) is 5.75 Å². The smallest absolute Gasteiger partial charge is 0.118 e. The third kappa shape index (κ3) is 5.12. The number of benzene rings is 2. The largest absolute Gasteiger partial charge is 0.497 e. The Hall–Kier alpha value is -2.00. The van der Waals surface area contributed by atoms with Gasteiger partial charge in [0, 0.05) is 12.2 Å². The number of ether oxygens (including phenoxy) is 2. The summed E-state index contributed by atoms with van der Waals surface area (Å²) in [4.78, 5) is 0. The second kappa shape index (κ2) is 7.70. The summed E-state index contributed by atoms with van der Waals surface area (Å²) in [6.07, 6.45) is 0.251. The van der Waals surface area contributed by atoms with Gasteiger partial charge in [-0.25, -0.2) is 0 Å². The van der Waals surface area contributed by atoms with Crippen molar-refractivity contribution in [3.63, 3.8) is 0 Å². The zero-order chi connectivity index (χ0) is 15.1. The van der Waals surface area contributed by atoms with Crippen molar-refractivity contribution in [3.8, 4) is 5.75 Å². The minimum atomic E-state index is 0.251. The molecule has 3 heteroatoms. The fourth-order valence-corrected chi connectivity index (χ4v) is 1.98. The van der Waals surface area contributed by atoms with E-state index in [1.54, 1.807) is 7.11 Å². The molecule has 0 aliphatic heterocycles. The Balaban J connectivity index is 1.91. The summed E-state index contributed by atoms with van der Waals surface area (Å²) in [7, 11) is 1.68. The molecule has 2 rings (SSSR count). The summed E-state index contributed by atoms with van der Waals surface area (Å²) in [5.41, 5.74) is 3.51. The molecule has 0 spiro atoms. The lowest BCUT2D eigenvalue weighted by Gasteiger charge is -2.11. The molecule has 0 aromatic heterocycles. The number of nitrogens with one attached hydrogen (secondary N) is 1. The highest BCUT2D eigenvalue weighted by atomic mass is 16.5. The topological polar surface area (TPSA) is 30.5 Å². The molecule has 0 fully saturated rings. The highest BCUT2D eigenvalue weighted by molar-refractivity contribution is 5.46. The summed E-state index contributed by atoms with van der Waals surface area (Å²) >= 11 is 0. The zero-order valence-electron chi connectivity index (χ0n) is 12.9. The van der Waals surface area contributed by atoms with Crippen molar-refractivity contribution in [2.24, 2.45) is 0 Å². The molecule has 0 amide bonds. The monoisotopic (exact) mass is 285 g/mol. The number of anilines is 1. The molecule has 0 bridgehead atoms. The molecule has 2 aromatic rings. The van der Waals surface area contributed by atoms with Crippen molar-refractivity contribution in [2.45, 2.75) is 33.1 Å². The van der Waals surface area contributed by atoms with Crippen LogP contribution in [0.3, 0.4) is 0 Å². The lowest BCUT2D eigenvalue weighted by molar-refractivity contribution is 0.0657. The first-order chi connectivity index (χ1) is 10.2. The molecule has 0 saturated heterocycles. The fourth-order valence-electron chi connectivity index (χ4n) is 1.98. The molecule has 3 nitrogen and oxygen atoms in total. The molecule has 2 aromatic carbocycles. The van der Waals surface area contributed by atoms with Gasteiger partial charge in [0.2, 0.25) is 0 Å².